The van der Waals surface area contributed by atoms with Crippen molar-refractivity contribution in [3.63, 3.8) is 0 Å². The maximum atomic E-state index is 11.9. The molecule has 0 bridgehead atoms. The Morgan fingerprint density at radius 2 is 1.63 bits per heavy atom. The fraction of sp³-hybridized carbons (Fsp3) is 0.938. The normalized spacial score (nSPS) is 29.1. The van der Waals surface area contributed by atoms with Gasteiger partial charge in [0.2, 0.25) is 5.91 Å². The molecule has 3 heteroatoms. The molecule has 1 aliphatic carbocycles. The third-order valence-electron chi connectivity index (χ3n) is 5.06. The highest BCUT2D eigenvalue weighted by Crippen LogP contribution is 2.30. The zero-order valence-electron chi connectivity index (χ0n) is 12.4. The second-order valence-corrected chi connectivity index (χ2v) is 6.50. The lowest BCUT2D eigenvalue weighted by Crippen LogP contribution is -2.35. The summed E-state index contributed by atoms with van der Waals surface area (Å²) in [5, 5.41) is 6.52. The second kappa shape index (κ2) is 7.88. The fourth-order valence-corrected chi connectivity index (χ4v) is 3.52. The van der Waals surface area contributed by atoms with E-state index in [4.69, 9.17) is 0 Å². The quantitative estimate of drug-likeness (QED) is 0.803. The molecule has 0 radical (unpaired) electrons. The molecule has 0 spiro atoms. The molecule has 1 saturated heterocycles. The highest BCUT2D eigenvalue weighted by molar-refractivity contribution is 5.76. The highest BCUT2D eigenvalue weighted by Gasteiger charge is 2.21. The Morgan fingerprint density at radius 1 is 1.00 bits per heavy atom. The van der Waals surface area contributed by atoms with Crippen molar-refractivity contribution in [3.8, 4) is 0 Å². The Labute approximate surface area is 117 Å². The van der Waals surface area contributed by atoms with Gasteiger partial charge in [0, 0.05) is 13.0 Å². The first-order chi connectivity index (χ1) is 9.28. The molecule has 19 heavy (non-hydrogen) atoms. The van der Waals surface area contributed by atoms with E-state index in [-0.39, 0.29) is 5.91 Å². The average Bonchev–Trinajstić information content (AvgIpc) is 2.47. The lowest BCUT2D eigenvalue weighted by Gasteiger charge is -2.28. The molecule has 1 aliphatic heterocycles. The number of nitrogens with one attached hydrogen (secondary N) is 2. The van der Waals surface area contributed by atoms with Crippen molar-refractivity contribution in [2.24, 2.45) is 17.8 Å². The second-order valence-electron chi connectivity index (χ2n) is 6.50. The summed E-state index contributed by atoms with van der Waals surface area (Å²) in [4.78, 5) is 11.9. The summed E-state index contributed by atoms with van der Waals surface area (Å²) in [6.45, 7) is 5.38. The number of hydrogen-bond acceptors (Lipinski definition) is 2. The van der Waals surface area contributed by atoms with Crippen LogP contribution in [0.3, 0.4) is 0 Å². The smallest absolute Gasteiger partial charge is 0.220 e. The van der Waals surface area contributed by atoms with Crippen molar-refractivity contribution < 1.29 is 4.79 Å². The van der Waals surface area contributed by atoms with E-state index >= 15 is 0 Å². The highest BCUT2D eigenvalue weighted by atomic mass is 16.1. The minimum Gasteiger partial charge on any atom is -0.356 e. The van der Waals surface area contributed by atoms with Crippen LogP contribution in [0.25, 0.3) is 0 Å². The Balaban J connectivity index is 1.58. The Morgan fingerprint density at radius 3 is 2.26 bits per heavy atom. The lowest BCUT2D eigenvalue weighted by molar-refractivity contribution is -0.122. The molecule has 1 heterocycles. The van der Waals surface area contributed by atoms with Gasteiger partial charge in [-0.3, -0.25) is 4.79 Å². The van der Waals surface area contributed by atoms with Gasteiger partial charge in [-0.1, -0.05) is 26.2 Å². The van der Waals surface area contributed by atoms with Crippen LogP contribution in [0.1, 0.15) is 58.3 Å². The van der Waals surface area contributed by atoms with Crippen LogP contribution < -0.4 is 10.6 Å². The van der Waals surface area contributed by atoms with Crippen LogP contribution in [-0.4, -0.2) is 25.5 Å². The molecule has 0 aromatic rings. The number of carbonyl (C=O) groups is 1. The topological polar surface area (TPSA) is 41.1 Å². The van der Waals surface area contributed by atoms with Crippen LogP contribution in [-0.2, 0) is 4.79 Å². The summed E-state index contributed by atoms with van der Waals surface area (Å²) in [6, 6.07) is 0. The predicted octanol–water partition coefficient (Wildman–Crippen LogP) is 2.71. The first-order valence-corrected chi connectivity index (χ1v) is 8.25. The van der Waals surface area contributed by atoms with Gasteiger partial charge in [0.25, 0.3) is 0 Å². The molecule has 3 nitrogen and oxygen atoms in total. The van der Waals surface area contributed by atoms with Crippen molar-refractivity contribution in [1.82, 2.24) is 10.6 Å². The Hall–Kier alpha value is -0.570. The van der Waals surface area contributed by atoms with E-state index < -0.39 is 0 Å². The zero-order chi connectivity index (χ0) is 13.5. The molecule has 1 amide bonds. The van der Waals surface area contributed by atoms with Crippen molar-refractivity contribution >= 4 is 5.91 Å². The van der Waals surface area contributed by atoms with E-state index in [1.807, 2.05) is 0 Å². The molecule has 0 unspecified atom stereocenters. The van der Waals surface area contributed by atoms with Gasteiger partial charge in [-0.25, -0.2) is 0 Å². The molecule has 1 saturated carbocycles. The average molecular weight is 266 g/mol. The first-order valence-electron chi connectivity index (χ1n) is 8.25. The molecule has 0 aromatic carbocycles. The maximum Gasteiger partial charge on any atom is 0.220 e. The molecule has 110 valence electrons. The van der Waals surface area contributed by atoms with Crippen molar-refractivity contribution in [3.05, 3.63) is 0 Å². The summed E-state index contributed by atoms with van der Waals surface area (Å²) >= 11 is 0. The van der Waals surface area contributed by atoms with E-state index in [0.717, 1.165) is 50.7 Å². The number of carbonyl (C=O) groups excluding carboxylic acids is 1. The lowest BCUT2D eigenvalue weighted by atomic mass is 9.81. The number of hydrogen-bond donors (Lipinski definition) is 2. The van der Waals surface area contributed by atoms with Gasteiger partial charge in [-0.2, -0.15) is 0 Å². The van der Waals surface area contributed by atoms with Gasteiger partial charge in [0.15, 0.2) is 0 Å². The summed E-state index contributed by atoms with van der Waals surface area (Å²) in [6.07, 6.45) is 9.75. The van der Waals surface area contributed by atoms with Crippen LogP contribution in [0.5, 0.6) is 0 Å². The van der Waals surface area contributed by atoms with Crippen LogP contribution in [0.4, 0.5) is 0 Å². The third kappa shape index (κ3) is 5.13. The first kappa shape index (κ1) is 14.8. The zero-order valence-corrected chi connectivity index (χ0v) is 12.4. The predicted molar refractivity (Wildman–Crippen MR) is 79.0 cm³/mol. The Kier molecular flexibility index (Phi) is 6.15. The summed E-state index contributed by atoms with van der Waals surface area (Å²) in [7, 11) is 0. The Bertz CT molecular complexity index is 266. The monoisotopic (exact) mass is 266 g/mol. The number of amides is 1. The third-order valence-corrected chi connectivity index (χ3v) is 5.06. The summed E-state index contributed by atoms with van der Waals surface area (Å²) in [5.41, 5.74) is 0. The van der Waals surface area contributed by atoms with Crippen LogP contribution in [0.15, 0.2) is 0 Å². The van der Waals surface area contributed by atoms with E-state index in [0.29, 0.717) is 5.92 Å². The minimum atomic E-state index is 0.282. The van der Waals surface area contributed by atoms with Gasteiger partial charge < -0.3 is 10.6 Å². The molecule has 2 N–H and O–H groups in total. The molecule has 0 aromatic heterocycles. The van der Waals surface area contributed by atoms with E-state index in [2.05, 4.69) is 17.6 Å². The summed E-state index contributed by atoms with van der Waals surface area (Å²) < 4.78 is 0. The molecule has 2 rings (SSSR count). The van der Waals surface area contributed by atoms with Gasteiger partial charge in [0.1, 0.15) is 0 Å². The van der Waals surface area contributed by atoms with E-state index in [9.17, 15) is 4.79 Å². The largest absolute Gasteiger partial charge is 0.356 e. The number of rotatable bonds is 5. The molecular formula is C16H30N2O. The van der Waals surface area contributed by atoms with Gasteiger partial charge in [-0.05, 0) is 56.5 Å². The molecular weight excluding hydrogens is 236 g/mol. The molecule has 2 fully saturated rings. The van der Waals surface area contributed by atoms with Gasteiger partial charge >= 0.3 is 0 Å². The van der Waals surface area contributed by atoms with Crippen molar-refractivity contribution in [2.75, 3.05) is 19.6 Å². The van der Waals surface area contributed by atoms with Crippen LogP contribution in [0.2, 0.25) is 0 Å². The maximum absolute atomic E-state index is 11.9. The van der Waals surface area contributed by atoms with E-state index in [1.54, 1.807) is 0 Å². The van der Waals surface area contributed by atoms with Gasteiger partial charge in [0.05, 0.1) is 0 Å². The number of piperidine rings is 1. The SMILES string of the molecule is CCC1CCC(CNC(=O)CC2CCNCC2)CC1. The minimum absolute atomic E-state index is 0.282. The van der Waals surface area contributed by atoms with Crippen molar-refractivity contribution in [2.45, 2.75) is 58.3 Å². The van der Waals surface area contributed by atoms with Crippen LogP contribution >= 0.6 is 0 Å². The van der Waals surface area contributed by atoms with Crippen molar-refractivity contribution in [1.29, 1.82) is 0 Å². The standard InChI is InChI=1S/C16H30N2O/c1-2-13-3-5-15(6-4-13)12-18-16(19)11-14-7-9-17-10-8-14/h13-15,17H,2-12H2,1H3,(H,18,19). The summed E-state index contributed by atoms with van der Waals surface area (Å²) in [5.74, 6) is 2.57. The van der Waals surface area contributed by atoms with E-state index in [1.165, 1.54) is 32.1 Å². The molecule has 2 aliphatic rings. The van der Waals surface area contributed by atoms with Gasteiger partial charge in [-0.15, -0.1) is 0 Å². The van der Waals surface area contributed by atoms with Crippen LogP contribution in [0, 0.1) is 17.8 Å². The molecule has 0 atom stereocenters. The fourth-order valence-electron chi connectivity index (χ4n) is 3.52.